The Balaban J connectivity index is 1.36. The average molecular weight is 709 g/mol. The summed E-state index contributed by atoms with van der Waals surface area (Å²) < 4.78 is 61.2. The summed E-state index contributed by atoms with van der Waals surface area (Å²) in [6.45, 7) is 11.9. The summed E-state index contributed by atoms with van der Waals surface area (Å²) in [5.74, 6) is 2.88. The van der Waals surface area contributed by atoms with E-state index < -0.39 is 16.5 Å². The Morgan fingerprint density at radius 2 is 0.694 bits per heavy atom. The summed E-state index contributed by atoms with van der Waals surface area (Å²) in [5, 5.41) is 3.38. The third-order valence-electron chi connectivity index (χ3n) is 8.37. The molecular formula is C37H42O10P2. The average Bonchev–Trinajstić information content (AvgIpc) is 3.33. The van der Waals surface area contributed by atoms with Crippen LogP contribution in [0.2, 0.25) is 0 Å². The number of benzene rings is 4. The maximum Gasteiger partial charge on any atom is 0.387 e. The van der Waals surface area contributed by atoms with Crippen LogP contribution in [0, 0.1) is 27.7 Å². The highest BCUT2D eigenvalue weighted by Gasteiger charge is 2.20. The molecule has 49 heavy (non-hydrogen) atoms. The van der Waals surface area contributed by atoms with E-state index >= 15 is 0 Å². The first kappa shape index (κ1) is 34.7. The second-order valence-corrected chi connectivity index (χ2v) is 14.2. The summed E-state index contributed by atoms with van der Waals surface area (Å²) in [6.07, 6.45) is -0.0911. The summed E-state index contributed by atoms with van der Waals surface area (Å²) in [6, 6.07) is 15.5. The van der Waals surface area contributed by atoms with Gasteiger partial charge in [-0.2, -0.15) is 0 Å². The SMILES string of the molecule is COc1cc(C)c2op(O[C@H](C)C[C@@H](C)Op3oc4c(C)cc(OC)cc4c4cc(OC)cc(C)c4o3)oc3c(C)cc(OC)cc3c2c1. The van der Waals surface area contributed by atoms with Crippen LogP contribution in [0.1, 0.15) is 42.5 Å². The van der Waals surface area contributed by atoms with E-state index in [1.165, 1.54) is 0 Å². The lowest BCUT2D eigenvalue weighted by Crippen LogP contribution is -2.21. The van der Waals surface area contributed by atoms with Crippen LogP contribution < -0.4 is 28.0 Å². The maximum atomic E-state index is 6.48. The van der Waals surface area contributed by atoms with Gasteiger partial charge in [0, 0.05) is 28.0 Å². The van der Waals surface area contributed by atoms with Crippen LogP contribution in [0.25, 0.3) is 43.9 Å². The lowest BCUT2D eigenvalue weighted by Gasteiger charge is -2.15. The number of rotatable bonds is 10. The Morgan fingerprint density at radius 3 is 0.918 bits per heavy atom. The largest absolute Gasteiger partial charge is 0.497 e. The van der Waals surface area contributed by atoms with Crippen molar-refractivity contribution in [1.29, 1.82) is 0 Å². The molecule has 6 aromatic rings. The van der Waals surface area contributed by atoms with Gasteiger partial charge in [0.2, 0.25) is 0 Å². The van der Waals surface area contributed by atoms with Gasteiger partial charge >= 0.3 is 16.5 Å². The Bertz CT molecular complexity index is 1950. The van der Waals surface area contributed by atoms with Crippen molar-refractivity contribution in [1.82, 2.24) is 0 Å². The van der Waals surface area contributed by atoms with Gasteiger partial charge in [-0.1, -0.05) is 0 Å². The van der Waals surface area contributed by atoms with Crippen molar-refractivity contribution in [2.75, 3.05) is 28.4 Å². The quantitative estimate of drug-likeness (QED) is 0.136. The lowest BCUT2D eigenvalue weighted by molar-refractivity contribution is 0.184. The zero-order chi connectivity index (χ0) is 35.0. The van der Waals surface area contributed by atoms with Crippen molar-refractivity contribution < 1.29 is 44.8 Å². The molecule has 0 fully saturated rings. The standard InChI is InChI=1S/C37H42O10P2/c1-20-11-26(38-7)16-30-31-17-27(39-8)12-21(2)35(31)45-48(44-34(20)30)42-24(5)15-25(6)43-49-46-36-22(3)13-28(40-9)18-32(36)33-19-29(41-10)14-23(4)37(33)47-49/h11-14,16-19,24-25H,15H2,1-10H3/t24-,25-/m1/s1. The normalized spacial score (nSPS) is 12.8. The Labute approximate surface area is 287 Å². The summed E-state index contributed by atoms with van der Waals surface area (Å²) in [4.78, 5) is 0. The molecule has 0 aliphatic carbocycles. The minimum atomic E-state index is -1.83. The van der Waals surface area contributed by atoms with Crippen LogP contribution in [0.15, 0.2) is 65.3 Å². The van der Waals surface area contributed by atoms with Gasteiger partial charge in [-0.05, 0) is 112 Å². The molecule has 0 amide bonds. The molecule has 260 valence electrons. The van der Waals surface area contributed by atoms with Crippen LogP contribution in [-0.2, 0) is 0 Å². The minimum absolute atomic E-state index is 0.304. The molecule has 6 rings (SSSR count). The molecule has 0 aliphatic heterocycles. The third-order valence-corrected chi connectivity index (χ3v) is 10.8. The van der Waals surface area contributed by atoms with Crippen LogP contribution in [0.5, 0.6) is 23.0 Å². The van der Waals surface area contributed by atoms with Crippen molar-refractivity contribution >= 4 is 60.4 Å². The molecule has 12 heteroatoms. The monoisotopic (exact) mass is 708 g/mol. The molecular weight excluding hydrogens is 666 g/mol. The van der Waals surface area contributed by atoms with Gasteiger partial charge in [-0.15, -0.1) is 0 Å². The van der Waals surface area contributed by atoms with Crippen LogP contribution >= 0.6 is 16.5 Å². The van der Waals surface area contributed by atoms with Crippen LogP contribution in [0.4, 0.5) is 0 Å². The van der Waals surface area contributed by atoms with E-state index in [1.807, 2.05) is 90.1 Å². The highest BCUT2D eigenvalue weighted by Crippen LogP contribution is 2.42. The van der Waals surface area contributed by atoms with Crippen molar-refractivity contribution in [3.8, 4) is 23.0 Å². The number of hydrogen-bond donors (Lipinski definition) is 0. The highest BCUT2D eigenvalue weighted by molar-refractivity contribution is 7.32. The van der Waals surface area contributed by atoms with E-state index in [0.29, 0.717) is 28.8 Å². The predicted molar refractivity (Wildman–Crippen MR) is 195 cm³/mol. The fourth-order valence-corrected chi connectivity index (χ4v) is 8.56. The number of ether oxygens (including phenoxy) is 4. The smallest absolute Gasteiger partial charge is 0.387 e. The van der Waals surface area contributed by atoms with E-state index in [-0.39, 0.29) is 12.2 Å². The molecule has 0 unspecified atom stereocenters. The number of aryl methyl sites for hydroxylation is 4. The molecule has 2 atom stereocenters. The van der Waals surface area contributed by atoms with Crippen molar-refractivity contribution in [2.45, 2.75) is 60.2 Å². The fraction of sp³-hybridized carbons (Fsp3) is 0.351. The first-order valence-corrected chi connectivity index (χ1v) is 18.1. The van der Waals surface area contributed by atoms with Crippen molar-refractivity contribution in [3.63, 3.8) is 0 Å². The highest BCUT2D eigenvalue weighted by atomic mass is 31.1. The Hall–Kier alpha value is -4.20. The molecule has 0 saturated heterocycles. The summed E-state index contributed by atoms with van der Waals surface area (Å²) >= 11 is 0. The second kappa shape index (κ2) is 14.3. The molecule has 0 N–H and O–H groups in total. The molecule has 0 aliphatic rings. The number of fused-ring (bicyclic) bond motifs is 6. The van der Waals surface area contributed by atoms with Crippen molar-refractivity contribution in [3.05, 3.63) is 70.8 Å². The molecule has 2 aromatic heterocycles. The van der Waals surface area contributed by atoms with Gasteiger partial charge in [-0.25, -0.2) is 0 Å². The fourth-order valence-electron chi connectivity index (χ4n) is 5.99. The number of hydrogen-bond acceptors (Lipinski definition) is 10. The Morgan fingerprint density at radius 1 is 0.449 bits per heavy atom. The second-order valence-electron chi connectivity index (χ2n) is 12.2. The van der Waals surface area contributed by atoms with Gasteiger partial charge in [0.05, 0.1) is 40.6 Å². The zero-order valence-corrected chi connectivity index (χ0v) is 31.2. The predicted octanol–water partition coefficient (Wildman–Crippen LogP) is 10.9. The van der Waals surface area contributed by atoms with Crippen LogP contribution in [-0.4, -0.2) is 40.6 Å². The molecule has 0 bridgehead atoms. The van der Waals surface area contributed by atoms with Crippen molar-refractivity contribution in [2.24, 2.45) is 0 Å². The molecule has 2 heterocycles. The van der Waals surface area contributed by atoms with Gasteiger partial charge < -0.3 is 35.7 Å². The molecule has 0 saturated carbocycles. The first-order chi connectivity index (χ1) is 23.5. The zero-order valence-electron chi connectivity index (χ0n) is 29.5. The van der Waals surface area contributed by atoms with E-state index in [9.17, 15) is 0 Å². The van der Waals surface area contributed by atoms with Gasteiger partial charge in [0.1, 0.15) is 45.3 Å². The van der Waals surface area contributed by atoms with E-state index in [0.717, 1.165) is 66.8 Å². The van der Waals surface area contributed by atoms with Crippen LogP contribution in [0.3, 0.4) is 0 Å². The lowest BCUT2D eigenvalue weighted by atomic mass is 10.1. The summed E-state index contributed by atoms with van der Waals surface area (Å²) in [5.41, 5.74) is 6.31. The minimum Gasteiger partial charge on any atom is -0.497 e. The van der Waals surface area contributed by atoms with Gasteiger partial charge in [0.25, 0.3) is 0 Å². The summed E-state index contributed by atoms with van der Waals surface area (Å²) in [7, 11) is 2.93. The maximum absolute atomic E-state index is 6.48. The molecule has 0 spiro atoms. The first-order valence-electron chi connectivity index (χ1n) is 15.9. The van der Waals surface area contributed by atoms with E-state index in [1.54, 1.807) is 28.4 Å². The molecule has 0 radical (unpaired) electrons. The molecule has 4 aromatic carbocycles. The molecule has 10 nitrogen and oxygen atoms in total. The van der Waals surface area contributed by atoms with Gasteiger partial charge in [-0.3, -0.25) is 9.05 Å². The number of methoxy groups -OCH3 is 4. The van der Waals surface area contributed by atoms with E-state index in [4.69, 9.17) is 44.8 Å². The van der Waals surface area contributed by atoms with E-state index in [2.05, 4.69) is 0 Å². The van der Waals surface area contributed by atoms with Gasteiger partial charge in [0.15, 0.2) is 0 Å². The topological polar surface area (TPSA) is 108 Å². The Kier molecular flexibility index (Phi) is 10.1. The third kappa shape index (κ3) is 7.10.